The minimum Gasteiger partial charge on any atom is -0.385 e. The second-order valence-electron chi connectivity index (χ2n) is 4.00. The highest BCUT2D eigenvalue weighted by Gasteiger charge is 2.33. The lowest BCUT2D eigenvalue weighted by Gasteiger charge is -2.40. The minimum absolute atomic E-state index is 0.798. The third-order valence-electron chi connectivity index (χ3n) is 3.29. The van der Waals surface area contributed by atoms with E-state index in [9.17, 15) is 0 Å². The largest absolute Gasteiger partial charge is 0.385 e. The number of hydrogen-bond acceptors (Lipinski definition) is 2. The van der Waals surface area contributed by atoms with Crippen LogP contribution in [-0.4, -0.2) is 20.3 Å². The van der Waals surface area contributed by atoms with Crippen molar-refractivity contribution in [2.24, 2.45) is 23.5 Å². The Kier molecular flexibility index (Phi) is 4.02. The van der Waals surface area contributed by atoms with E-state index in [1.54, 1.807) is 7.11 Å². The van der Waals surface area contributed by atoms with Crippen LogP contribution in [0.5, 0.6) is 0 Å². The summed E-state index contributed by atoms with van der Waals surface area (Å²) >= 11 is 0. The number of ether oxygens (including phenoxy) is 1. The molecule has 0 spiro atoms. The molecule has 1 fully saturated rings. The molecule has 3 atom stereocenters. The molecule has 0 saturated heterocycles. The van der Waals surface area contributed by atoms with Crippen LogP contribution in [0.3, 0.4) is 0 Å². The van der Waals surface area contributed by atoms with Crippen molar-refractivity contribution in [3.63, 3.8) is 0 Å². The third kappa shape index (κ3) is 2.20. The fourth-order valence-corrected chi connectivity index (χ4v) is 2.15. The van der Waals surface area contributed by atoms with Gasteiger partial charge in [-0.15, -0.1) is 0 Å². The van der Waals surface area contributed by atoms with E-state index < -0.39 is 0 Å². The van der Waals surface area contributed by atoms with E-state index >= 15 is 0 Å². The van der Waals surface area contributed by atoms with Crippen LogP contribution in [0.15, 0.2) is 0 Å². The minimum atomic E-state index is 0.798. The smallest absolute Gasteiger partial charge is 0.0464 e. The Labute approximate surface area is 75.5 Å². The monoisotopic (exact) mass is 171 g/mol. The molecule has 0 aromatic carbocycles. The van der Waals surface area contributed by atoms with E-state index in [4.69, 9.17) is 10.5 Å². The van der Waals surface area contributed by atoms with Crippen molar-refractivity contribution < 1.29 is 4.74 Å². The summed E-state index contributed by atoms with van der Waals surface area (Å²) in [6.07, 6.45) is 3.92. The van der Waals surface area contributed by atoms with Crippen molar-refractivity contribution in [2.75, 3.05) is 20.3 Å². The van der Waals surface area contributed by atoms with Crippen LogP contribution < -0.4 is 5.73 Å². The van der Waals surface area contributed by atoms with Crippen LogP contribution in [-0.2, 0) is 4.74 Å². The van der Waals surface area contributed by atoms with Crippen molar-refractivity contribution in [3.05, 3.63) is 0 Å². The fourth-order valence-electron chi connectivity index (χ4n) is 2.15. The molecule has 0 radical (unpaired) electrons. The first-order valence-electron chi connectivity index (χ1n) is 4.98. The van der Waals surface area contributed by atoms with Gasteiger partial charge in [0.1, 0.15) is 0 Å². The lowest BCUT2D eigenvalue weighted by molar-refractivity contribution is 0.0889. The van der Waals surface area contributed by atoms with Crippen molar-refractivity contribution in [1.82, 2.24) is 0 Å². The van der Waals surface area contributed by atoms with Gasteiger partial charge >= 0.3 is 0 Å². The highest BCUT2D eigenvalue weighted by molar-refractivity contribution is 4.84. The second-order valence-corrected chi connectivity index (χ2v) is 4.00. The van der Waals surface area contributed by atoms with Crippen LogP contribution in [0.4, 0.5) is 0 Å². The van der Waals surface area contributed by atoms with Gasteiger partial charge in [-0.2, -0.15) is 0 Å². The average Bonchev–Trinajstić information content (AvgIpc) is 2.00. The zero-order chi connectivity index (χ0) is 8.97. The van der Waals surface area contributed by atoms with E-state index in [0.717, 1.165) is 30.9 Å². The summed E-state index contributed by atoms with van der Waals surface area (Å²) in [5.74, 6) is 2.48. The van der Waals surface area contributed by atoms with Gasteiger partial charge in [0, 0.05) is 13.7 Å². The summed E-state index contributed by atoms with van der Waals surface area (Å²) in [5, 5.41) is 0. The van der Waals surface area contributed by atoms with Gasteiger partial charge in [0.25, 0.3) is 0 Å². The van der Waals surface area contributed by atoms with Crippen molar-refractivity contribution in [1.29, 1.82) is 0 Å². The molecule has 2 nitrogen and oxygen atoms in total. The summed E-state index contributed by atoms with van der Waals surface area (Å²) in [6.45, 7) is 4.10. The van der Waals surface area contributed by atoms with Crippen LogP contribution >= 0.6 is 0 Å². The zero-order valence-corrected chi connectivity index (χ0v) is 8.25. The second kappa shape index (κ2) is 4.83. The molecular weight excluding hydrogens is 150 g/mol. The normalized spacial score (nSPS) is 31.2. The number of rotatable bonds is 5. The predicted octanol–water partition coefficient (Wildman–Crippen LogP) is 1.64. The molecule has 0 heterocycles. The standard InChI is InChI=1S/C10H21NO/c1-8(5-6-12-2)10-4-3-9(10)7-11/h8-10H,3-7,11H2,1-2H3. The molecule has 0 aromatic heterocycles. The Morgan fingerprint density at radius 3 is 2.67 bits per heavy atom. The number of nitrogens with two attached hydrogens (primary N) is 1. The van der Waals surface area contributed by atoms with Crippen molar-refractivity contribution in [3.8, 4) is 0 Å². The topological polar surface area (TPSA) is 35.2 Å². The molecule has 0 bridgehead atoms. The quantitative estimate of drug-likeness (QED) is 0.682. The lowest BCUT2D eigenvalue weighted by Crippen LogP contribution is -2.36. The summed E-state index contributed by atoms with van der Waals surface area (Å²) < 4.78 is 5.07. The van der Waals surface area contributed by atoms with E-state index in [1.807, 2.05) is 0 Å². The Bertz CT molecular complexity index is 125. The van der Waals surface area contributed by atoms with Crippen molar-refractivity contribution in [2.45, 2.75) is 26.2 Å². The summed E-state index contributed by atoms with van der Waals surface area (Å²) in [6, 6.07) is 0. The molecule has 1 aliphatic carbocycles. The Balaban J connectivity index is 2.18. The van der Waals surface area contributed by atoms with Gasteiger partial charge in [-0.05, 0) is 43.6 Å². The average molecular weight is 171 g/mol. The van der Waals surface area contributed by atoms with Gasteiger partial charge < -0.3 is 10.5 Å². The van der Waals surface area contributed by atoms with Gasteiger partial charge in [0.05, 0.1) is 0 Å². The first kappa shape index (κ1) is 10.0. The summed E-state index contributed by atoms with van der Waals surface area (Å²) in [5.41, 5.74) is 5.66. The molecular formula is C10H21NO. The maximum atomic E-state index is 5.66. The molecule has 3 unspecified atom stereocenters. The van der Waals surface area contributed by atoms with Crippen LogP contribution in [0.25, 0.3) is 0 Å². The Morgan fingerprint density at radius 2 is 2.25 bits per heavy atom. The molecule has 2 N–H and O–H groups in total. The first-order chi connectivity index (χ1) is 5.79. The van der Waals surface area contributed by atoms with Gasteiger partial charge in [-0.3, -0.25) is 0 Å². The lowest BCUT2D eigenvalue weighted by atomic mass is 9.67. The predicted molar refractivity (Wildman–Crippen MR) is 50.9 cm³/mol. The highest BCUT2D eigenvalue weighted by atomic mass is 16.5. The van der Waals surface area contributed by atoms with E-state index in [-0.39, 0.29) is 0 Å². The zero-order valence-electron chi connectivity index (χ0n) is 8.25. The molecule has 1 aliphatic rings. The molecule has 2 heteroatoms. The Hall–Kier alpha value is -0.0800. The maximum Gasteiger partial charge on any atom is 0.0464 e. The van der Waals surface area contributed by atoms with Gasteiger partial charge in [-0.1, -0.05) is 6.92 Å². The molecule has 72 valence electrons. The molecule has 0 amide bonds. The maximum absolute atomic E-state index is 5.66. The Morgan fingerprint density at radius 1 is 1.50 bits per heavy atom. The van der Waals surface area contributed by atoms with Gasteiger partial charge in [-0.25, -0.2) is 0 Å². The molecule has 1 rings (SSSR count). The molecule has 1 saturated carbocycles. The fraction of sp³-hybridized carbons (Fsp3) is 1.00. The van der Waals surface area contributed by atoms with Gasteiger partial charge in [0.2, 0.25) is 0 Å². The number of methoxy groups -OCH3 is 1. The van der Waals surface area contributed by atoms with Crippen LogP contribution in [0.1, 0.15) is 26.2 Å². The van der Waals surface area contributed by atoms with Crippen LogP contribution in [0, 0.1) is 17.8 Å². The summed E-state index contributed by atoms with van der Waals surface area (Å²) in [4.78, 5) is 0. The van der Waals surface area contributed by atoms with E-state index in [1.165, 1.54) is 19.3 Å². The van der Waals surface area contributed by atoms with Gasteiger partial charge in [0.15, 0.2) is 0 Å². The van der Waals surface area contributed by atoms with Crippen molar-refractivity contribution >= 4 is 0 Å². The highest BCUT2D eigenvalue weighted by Crippen LogP contribution is 2.40. The molecule has 0 aliphatic heterocycles. The van der Waals surface area contributed by atoms with E-state index in [0.29, 0.717) is 0 Å². The van der Waals surface area contributed by atoms with Crippen LogP contribution in [0.2, 0.25) is 0 Å². The summed E-state index contributed by atoms with van der Waals surface area (Å²) in [7, 11) is 1.77. The first-order valence-corrected chi connectivity index (χ1v) is 4.98. The number of hydrogen-bond donors (Lipinski definition) is 1. The molecule has 0 aromatic rings. The van der Waals surface area contributed by atoms with E-state index in [2.05, 4.69) is 6.92 Å². The third-order valence-corrected chi connectivity index (χ3v) is 3.29. The molecule has 12 heavy (non-hydrogen) atoms. The SMILES string of the molecule is COCCC(C)C1CCC1CN.